The lowest BCUT2D eigenvalue weighted by atomic mass is 10.0. The van der Waals surface area contributed by atoms with Gasteiger partial charge in [-0.3, -0.25) is 9.78 Å². The molecule has 0 bridgehead atoms. The highest BCUT2D eigenvalue weighted by atomic mass is 16.1. The van der Waals surface area contributed by atoms with Gasteiger partial charge in [-0.2, -0.15) is 0 Å². The first-order chi connectivity index (χ1) is 16.2. The molecule has 1 aliphatic rings. The molecule has 0 aliphatic heterocycles. The molecule has 0 spiro atoms. The zero-order valence-corrected chi connectivity index (χ0v) is 17.7. The van der Waals surface area contributed by atoms with E-state index in [1.165, 1.54) is 0 Å². The highest BCUT2D eigenvalue weighted by Crippen LogP contribution is 2.37. The van der Waals surface area contributed by atoms with Crippen molar-refractivity contribution < 1.29 is 4.79 Å². The summed E-state index contributed by atoms with van der Waals surface area (Å²) in [5, 5.41) is 12.2. The van der Waals surface area contributed by atoms with Crippen LogP contribution >= 0.6 is 0 Å². The molecule has 160 valence electrons. The Morgan fingerprint density at radius 3 is 2.73 bits per heavy atom. The van der Waals surface area contributed by atoms with Gasteiger partial charge >= 0.3 is 0 Å². The number of pyridine rings is 2. The van der Waals surface area contributed by atoms with Gasteiger partial charge in [0.25, 0.3) is 5.91 Å². The highest BCUT2D eigenvalue weighted by Gasteiger charge is 2.27. The van der Waals surface area contributed by atoms with Crippen molar-refractivity contribution in [1.82, 2.24) is 24.7 Å². The largest absolute Gasteiger partial charge is 0.309 e. The Morgan fingerprint density at radius 2 is 1.82 bits per heavy atom. The minimum atomic E-state index is -0.223. The van der Waals surface area contributed by atoms with E-state index in [0.29, 0.717) is 23.1 Å². The maximum absolute atomic E-state index is 13.0. The molecule has 0 saturated heterocycles. The minimum absolute atomic E-state index is 0.223. The van der Waals surface area contributed by atoms with Crippen molar-refractivity contribution in [2.45, 2.75) is 18.9 Å². The first-order valence-electron chi connectivity index (χ1n) is 10.9. The predicted molar refractivity (Wildman–Crippen MR) is 127 cm³/mol. The van der Waals surface area contributed by atoms with Crippen LogP contribution in [0.15, 0.2) is 85.3 Å². The van der Waals surface area contributed by atoms with Gasteiger partial charge in [0.2, 0.25) is 0 Å². The fourth-order valence-electron chi connectivity index (χ4n) is 3.93. The van der Waals surface area contributed by atoms with Crippen molar-refractivity contribution in [3.05, 3.63) is 90.9 Å². The van der Waals surface area contributed by atoms with Crippen LogP contribution in [0.25, 0.3) is 33.5 Å². The molecule has 7 nitrogen and oxygen atoms in total. The van der Waals surface area contributed by atoms with Gasteiger partial charge in [-0.15, -0.1) is 10.2 Å². The quantitative estimate of drug-likeness (QED) is 0.415. The van der Waals surface area contributed by atoms with E-state index in [1.807, 2.05) is 60.8 Å². The van der Waals surface area contributed by atoms with E-state index >= 15 is 0 Å². The smallest absolute Gasteiger partial charge is 0.256 e. The second kappa shape index (κ2) is 7.94. The number of para-hydroxylation sites is 1. The van der Waals surface area contributed by atoms with Crippen molar-refractivity contribution in [2.75, 3.05) is 5.32 Å². The zero-order valence-electron chi connectivity index (χ0n) is 17.7. The third-order valence-corrected chi connectivity index (χ3v) is 5.78. The van der Waals surface area contributed by atoms with Gasteiger partial charge in [0, 0.05) is 28.8 Å². The van der Waals surface area contributed by atoms with E-state index in [1.54, 1.807) is 18.5 Å². The third-order valence-electron chi connectivity index (χ3n) is 5.78. The van der Waals surface area contributed by atoms with Gasteiger partial charge < -0.3 is 9.88 Å². The molecule has 1 fully saturated rings. The fraction of sp³-hybridized carbons (Fsp3) is 0.115. The molecule has 2 aromatic carbocycles. The molecular formula is C26H20N6O. The number of hydrogen-bond donors (Lipinski definition) is 1. The van der Waals surface area contributed by atoms with Crippen LogP contribution in [0.4, 0.5) is 5.82 Å². The van der Waals surface area contributed by atoms with Crippen molar-refractivity contribution in [3.63, 3.8) is 0 Å². The first kappa shape index (κ1) is 19.3. The van der Waals surface area contributed by atoms with Crippen LogP contribution in [-0.2, 0) is 0 Å². The molecule has 6 rings (SSSR count). The van der Waals surface area contributed by atoms with Crippen LogP contribution in [0, 0.1) is 0 Å². The highest BCUT2D eigenvalue weighted by molar-refractivity contribution is 6.04. The number of nitrogens with one attached hydrogen (secondary N) is 1. The molecule has 1 aliphatic carbocycles. The molecule has 0 atom stereocenters. The number of carbonyl (C=O) groups excluding carboxylic acids is 1. The number of carbonyl (C=O) groups is 1. The van der Waals surface area contributed by atoms with E-state index in [2.05, 4.69) is 36.1 Å². The topological polar surface area (TPSA) is 85.6 Å². The first-order valence-corrected chi connectivity index (χ1v) is 10.9. The molecule has 0 radical (unpaired) electrons. The Bertz CT molecular complexity index is 1490. The molecule has 1 N–H and O–H groups in total. The van der Waals surface area contributed by atoms with Gasteiger partial charge in [-0.25, -0.2) is 4.98 Å². The summed E-state index contributed by atoms with van der Waals surface area (Å²) in [4.78, 5) is 22.1. The van der Waals surface area contributed by atoms with Crippen LogP contribution in [0.2, 0.25) is 0 Å². The second-order valence-corrected chi connectivity index (χ2v) is 8.15. The average molecular weight is 432 g/mol. The molecule has 1 saturated carbocycles. The molecule has 0 unspecified atom stereocenters. The summed E-state index contributed by atoms with van der Waals surface area (Å²) < 4.78 is 2.05. The van der Waals surface area contributed by atoms with E-state index < -0.39 is 0 Å². The fourth-order valence-corrected chi connectivity index (χ4v) is 3.93. The number of nitrogens with zero attached hydrogens (tertiary/aromatic N) is 5. The molecular weight excluding hydrogens is 412 g/mol. The SMILES string of the molecule is O=C(Nc1cccc(-c2nncn2C2CC2)n1)c1cccc(-c2cnc3ccccc3c2)c1. The van der Waals surface area contributed by atoms with Gasteiger partial charge in [0.15, 0.2) is 5.82 Å². The Kier molecular flexibility index (Phi) is 4.65. The average Bonchev–Trinajstić information content (AvgIpc) is 3.59. The van der Waals surface area contributed by atoms with Crippen molar-refractivity contribution >= 4 is 22.6 Å². The maximum atomic E-state index is 13.0. The zero-order chi connectivity index (χ0) is 22.2. The number of benzene rings is 2. The van der Waals surface area contributed by atoms with Crippen LogP contribution < -0.4 is 5.32 Å². The Hall–Kier alpha value is -4.39. The molecule has 1 amide bonds. The molecule has 3 aromatic heterocycles. The van der Waals surface area contributed by atoms with Crippen molar-refractivity contribution in [3.8, 4) is 22.6 Å². The van der Waals surface area contributed by atoms with E-state index in [0.717, 1.165) is 40.7 Å². The van der Waals surface area contributed by atoms with Crippen LogP contribution in [0.3, 0.4) is 0 Å². The second-order valence-electron chi connectivity index (χ2n) is 8.15. The number of fused-ring (bicyclic) bond motifs is 1. The van der Waals surface area contributed by atoms with Gasteiger partial charge in [-0.05, 0) is 54.8 Å². The Morgan fingerprint density at radius 1 is 0.939 bits per heavy atom. The summed E-state index contributed by atoms with van der Waals surface area (Å²) in [5.41, 5.74) is 4.07. The number of amides is 1. The van der Waals surface area contributed by atoms with Crippen molar-refractivity contribution in [2.24, 2.45) is 0 Å². The summed E-state index contributed by atoms with van der Waals surface area (Å²) in [6.07, 6.45) is 5.84. The Balaban J connectivity index is 1.25. The third kappa shape index (κ3) is 3.85. The lowest BCUT2D eigenvalue weighted by molar-refractivity contribution is 0.102. The summed E-state index contributed by atoms with van der Waals surface area (Å²) in [5.74, 6) is 0.971. The van der Waals surface area contributed by atoms with Gasteiger partial charge in [-0.1, -0.05) is 36.4 Å². The number of hydrogen-bond acceptors (Lipinski definition) is 5. The molecule has 5 aromatic rings. The Labute approximate surface area is 190 Å². The van der Waals surface area contributed by atoms with E-state index in [4.69, 9.17) is 0 Å². The summed E-state index contributed by atoms with van der Waals surface area (Å²) in [7, 11) is 0. The minimum Gasteiger partial charge on any atom is -0.309 e. The van der Waals surface area contributed by atoms with E-state index in [-0.39, 0.29) is 5.91 Å². The molecule has 7 heteroatoms. The lowest BCUT2D eigenvalue weighted by Crippen LogP contribution is -2.13. The number of anilines is 1. The van der Waals surface area contributed by atoms with Gasteiger partial charge in [0.05, 0.1) is 5.52 Å². The van der Waals surface area contributed by atoms with Crippen LogP contribution in [0.1, 0.15) is 29.2 Å². The molecule has 3 heterocycles. The maximum Gasteiger partial charge on any atom is 0.256 e. The van der Waals surface area contributed by atoms with Crippen molar-refractivity contribution in [1.29, 1.82) is 0 Å². The lowest BCUT2D eigenvalue weighted by Gasteiger charge is -2.09. The summed E-state index contributed by atoms with van der Waals surface area (Å²) >= 11 is 0. The summed E-state index contributed by atoms with van der Waals surface area (Å²) in [6, 6.07) is 23.5. The number of aromatic nitrogens is 5. The predicted octanol–water partition coefficient (Wildman–Crippen LogP) is 5.14. The standard InChI is InChI=1S/C26H20N6O/c33-26(30-24-10-4-9-23(29-24)25-31-28-16-32(25)21-11-12-21)19-7-3-6-17(13-19)20-14-18-5-1-2-8-22(18)27-15-20/h1-10,13-16,21H,11-12H2,(H,29,30,33). The molecule has 33 heavy (non-hydrogen) atoms. The summed E-state index contributed by atoms with van der Waals surface area (Å²) in [6.45, 7) is 0. The van der Waals surface area contributed by atoms with Crippen LogP contribution in [-0.4, -0.2) is 30.6 Å². The normalized spacial score (nSPS) is 13.2. The monoisotopic (exact) mass is 432 g/mol. The van der Waals surface area contributed by atoms with Crippen LogP contribution in [0.5, 0.6) is 0 Å². The van der Waals surface area contributed by atoms with Gasteiger partial charge in [0.1, 0.15) is 17.8 Å². The number of rotatable bonds is 5. The van der Waals surface area contributed by atoms with E-state index in [9.17, 15) is 4.79 Å².